The van der Waals surface area contributed by atoms with Crippen molar-refractivity contribution in [3.8, 4) is 28.7 Å². The smallest absolute Gasteiger partial charge is 0.227 e. The molecule has 0 saturated heterocycles. The van der Waals surface area contributed by atoms with Gasteiger partial charge in [-0.15, -0.1) is 0 Å². The Kier molecular flexibility index (Phi) is 17.5. The number of ketones is 3. The number of likely N-dealkylation sites (N-methyl/N-ethyl adjacent to an activating group) is 1. The summed E-state index contributed by atoms with van der Waals surface area (Å²) in [4.78, 5) is 83.8. The number of nitriles is 1. The van der Waals surface area contributed by atoms with Gasteiger partial charge in [-0.25, -0.2) is 0 Å². The Bertz CT molecular complexity index is 2090. The molecule has 14 nitrogen and oxygen atoms in total. The van der Waals surface area contributed by atoms with Crippen LogP contribution in [0.5, 0.6) is 11.5 Å². The van der Waals surface area contributed by atoms with Crippen LogP contribution in [0.1, 0.15) is 97.4 Å². The predicted octanol–water partition coefficient (Wildman–Crippen LogP) is 4.45. The van der Waals surface area contributed by atoms with Crippen molar-refractivity contribution in [2.24, 2.45) is 29.0 Å². The number of rotatable bonds is 19. The van der Waals surface area contributed by atoms with Gasteiger partial charge in [-0.3, -0.25) is 28.8 Å². The molecule has 3 aromatic carbocycles. The molecule has 4 bridgehead atoms. The van der Waals surface area contributed by atoms with Crippen molar-refractivity contribution in [2.75, 3.05) is 33.4 Å². The van der Waals surface area contributed by atoms with E-state index in [1.165, 1.54) is 11.9 Å². The molecule has 0 aliphatic carbocycles. The lowest BCUT2D eigenvalue weighted by molar-refractivity contribution is -0.143. The monoisotopic (exact) mass is 822 g/mol. The van der Waals surface area contributed by atoms with Gasteiger partial charge in [-0.05, 0) is 72.7 Å². The Morgan fingerprint density at radius 3 is 2.22 bits per heavy atom. The fourth-order valence-electron chi connectivity index (χ4n) is 7.53. The summed E-state index contributed by atoms with van der Waals surface area (Å²) in [5.74, 6) is -4.59. The van der Waals surface area contributed by atoms with E-state index < -0.39 is 53.8 Å². The molecule has 0 radical (unpaired) electrons. The van der Waals surface area contributed by atoms with Gasteiger partial charge in [0, 0.05) is 74.8 Å². The first-order chi connectivity index (χ1) is 28.7. The number of hydrogen-bond donors (Lipinski definition) is 4. The number of Topliss-reactive ketones (excluding diaryl/α,β-unsaturated/α-hetero) is 3. The highest BCUT2D eigenvalue weighted by Gasteiger charge is 2.37. The maximum absolute atomic E-state index is 14.6. The predicted molar refractivity (Wildman–Crippen MR) is 227 cm³/mol. The molecule has 60 heavy (non-hydrogen) atoms. The second-order valence-electron chi connectivity index (χ2n) is 15.4. The van der Waals surface area contributed by atoms with E-state index in [1.54, 1.807) is 49.4 Å². The number of primary amides is 1. The van der Waals surface area contributed by atoms with Crippen LogP contribution in [-0.4, -0.2) is 79.4 Å². The third-order valence-corrected chi connectivity index (χ3v) is 10.7. The summed E-state index contributed by atoms with van der Waals surface area (Å²) < 4.78 is 12.2. The molecule has 1 aliphatic rings. The van der Waals surface area contributed by atoms with Gasteiger partial charge < -0.3 is 36.9 Å². The van der Waals surface area contributed by atoms with Crippen molar-refractivity contribution >= 4 is 35.1 Å². The first kappa shape index (κ1) is 46.8. The van der Waals surface area contributed by atoms with Crippen molar-refractivity contribution in [3.05, 3.63) is 82.4 Å². The lowest BCUT2D eigenvalue weighted by Crippen LogP contribution is -2.46. The molecule has 0 spiro atoms. The first-order valence-electron chi connectivity index (χ1n) is 20.6. The third-order valence-electron chi connectivity index (χ3n) is 10.7. The molecule has 4 rings (SSSR count). The SMILES string of the molecule is CCCCc1ccc(C(=O)C[C@@H](CC(N)=O)C(=O)N(C)[C@@H]2C(=O)C[C@@H](C)C(=O)N[C@H](C(=O)CCC#N)Cc3ccc(OCCN)c(c3)-c3cc2ccc3OCCN)c(C)c1. The van der Waals surface area contributed by atoms with E-state index in [0.29, 0.717) is 39.3 Å². The highest BCUT2D eigenvalue weighted by molar-refractivity contribution is 6.01. The Balaban J connectivity index is 1.87. The number of carbonyl (C=O) groups excluding carboxylic acids is 6. The minimum absolute atomic E-state index is 0.0414. The van der Waals surface area contributed by atoms with Gasteiger partial charge in [-0.2, -0.15) is 5.26 Å². The molecule has 3 aromatic rings. The molecule has 1 aliphatic heterocycles. The molecular formula is C46H58N6O8. The van der Waals surface area contributed by atoms with Crippen molar-refractivity contribution in [3.63, 3.8) is 0 Å². The van der Waals surface area contributed by atoms with Crippen LogP contribution in [0.15, 0.2) is 54.6 Å². The van der Waals surface area contributed by atoms with Crippen LogP contribution in [-0.2, 0) is 36.8 Å². The highest BCUT2D eigenvalue weighted by atomic mass is 16.5. The Labute approximate surface area is 352 Å². The molecular weight excluding hydrogens is 765 g/mol. The van der Waals surface area contributed by atoms with Gasteiger partial charge in [0.1, 0.15) is 30.8 Å². The number of nitrogens with two attached hydrogens (primary N) is 3. The van der Waals surface area contributed by atoms with E-state index in [9.17, 15) is 34.0 Å². The third kappa shape index (κ3) is 12.3. The van der Waals surface area contributed by atoms with E-state index in [-0.39, 0.29) is 70.0 Å². The molecule has 7 N–H and O–H groups in total. The van der Waals surface area contributed by atoms with E-state index in [0.717, 1.165) is 30.4 Å². The topological polar surface area (TPSA) is 238 Å². The second kappa shape index (κ2) is 22.5. The van der Waals surface area contributed by atoms with Gasteiger partial charge >= 0.3 is 0 Å². The number of nitrogens with one attached hydrogen (secondary N) is 1. The van der Waals surface area contributed by atoms with Crippen LogP contribution >= 0.6 is 0 Å². The number of benzene rings is 3. The molecule has 0 fully saturated rings. The Hall–Kier alpha value is -5.91. The number of ether oxygens (including phenoxy) is 2. The standard InChI is InChI=1S/C46H58N6O8/c1-5-6-8-30-10-13-34(28(2)21-30)39(54)26-33(27-43(50)56)46(58)52(4)44-32-12-15-42(60-20-18-49)36(25-32)35-23-31(11-14-41(35)59-19-17-48)24-37(38(53)9-7-16-47)51-45(57)29(3)22-40(44)55/h10-15,21,23,25,29,33,37,44H,5-9,17-20,22,24,26-27,48-49H2,1-4H3,(H2,50,56)(H,51,57)/t29-,33+,37+,44+/m1/s1. The zero-order valence-electron chi connectivity index (χ0n) is 35.1. The van der Waals surface area contributed by atoms with Crippen LogP contribution in [0.3, 0.4) is 0 Å². The summed E-state index contributed by atoms with van der Waals surface area (Å²) in [6.07, 6.45) is 1.72. The summed E-state index contributed by atoms with van der Waals surface area (Å²) in [6, 6.07) is 15.5. The summed E-state index contributed by atoms with van der Waals surface area (Å²) in [5.41, 5.74) is 21.6. The maximum Gasteiger partial charge on any atom is 0.227 e. The van der Waals surface area contributed by atoms with Gasteiger partial charge in [0.15, 0.2) is 17.3 Å². The molecule has 0 unspecified atom stereocenters. The van der Waals surface area contributed by atoms with Crippen LogP contribution in [0, 0.1) is 30.1 Å². The number of hydrogen-bond acceptors (Lipinski definition) is 11. The van der Waals surface area contributed by atoms with E-state index in [2.05, 4.69) is 12.2 Å². The molecule has 14 heteroatoms. The number of aryl methyl sites for hydroxylation is 2. The van der Waals surface area contributed by atoms with E-state index in [4.69, 9.17) is 26.7 Å². The average molecular weight is 823 g/mol. The van der Waals surface area contributed by atoms with Crippen molar-refractivity contribution in [1.29, 1.82) is 5.26 Å². The molecule has 0 saturated carbocycles. The number of nitrogens with zero attached hydrogens (tertiary/aromatic N) is 2. The van der Waals surface area contributed by atoms with E-state index >= 15 is 0 Å². The van der Waals surface area contributed by atoms with Gasteiger partial charge in [-0.1, -0.05) is 50.6 Å². The van der Waals surface area contributed by atoms with Crippen molar-refractivity contribution < 1.29 is 38.2 Å². The van der Waals surface area contributed by atoms with Gasteiger partial charge in [0.2, 0.25) is 17.7 Å². The number of fused-ring (bicyclic) bond motifs is 5. The average Bonchev–Trinajstić information content (AvgIpc) is 3.22. The zero-order chi connectivity index (χ0) is 43.9. The molecule has 320 valence electrons. The van der Waals surface area contributed by atoms with Crippen molar-refractivity contribution in [1.82, 2.24) is 10.2 Å². The number of unbranched alkanes of at least 4 members (excludes halogenated alkanes) is 1. The quantitative estimate of drug-likeness (QED) is 0.123. The highest BCUT2D eigenvalue weighted by Crippen LogP contribution is 2.41. The number of carbonyl (C=O) groups is 6. The molecule has 1 heterocycles. The van der Waals surface area contributed by atoms with Gasteiger partial charge in [0.05, 0.1) is 18.0 Å². The van der Waals surface area contributed by atoms with Crippen LogP contribution < -0.4 is 32.0 Å². The first-order valence-corrected chi connectivity index (χ1v) is 20.6. The lowest BCUT2D eigenvalue weighted by Gasteiger charge is -2.32. The largest absolute Gasteiger partial charge is 0.492 e. The Morgan fingerprint density at radius 2 is 1.60 bits per heavy atom. The molecule has 0 aromatic heterocycles. The number of amides is 3. The van der Waals surface area contributed by atoms with Crippen LogP contribution in [0.2, 0.25) is 0 Å². The normalized spacial score (nSPS) is 17.1. The van der Waals surface area contributed by atoms with Gasteiger partial charge in [0.25, 0.3) is 0 Å². The van der Waals surface area contributed by atoms with Crippen LogP contribution in [0.25, 0.3) is 11.1 Å². The van der Waals surface area contributed by atoms with Crippen LogP contribution in [0.4, 0.5) is 0 Å². The lowest BCUT2D eigenvalue weighted by atomic mass is 9.87. The summed E-state index contributed by atoms with van der Waals surface area (Å²) in [5, 5.41) is 12.0. The molecule has 3 amide bonds. The Morgan fingerprint density at radius 1 is 0.933 bits per heavy atom. The van der Waals surface area contributed by atoms with Crippen molar-refractivity contribution in [2.45, 2.75) is 90.6 Å². The van der Waals surface area contributed by atoms with E-state index in [1.807, 2.05) is 25.1 Å². The zero-order valence-corrected chi connectivity index (χ0v) is 35.1. The maximum atomic E-state index is 14.6. The summed E-state index contributed by atoms with van der Waals surface area (Å²) in [7, 11) is 1.42. The molecule has 4 atom stereocenters. The minimum atomic E-state index is -1.31. The fourth-order valence-corrected chi connectivity index (χ4v) is 7.53. The summed E-state index contributed by atoms with van der Waals surface area (Å²) in [6.45, 7) is 6.20. The second-order valence-corrected chi connectivity index (χ2v) is 15.4. The fraction of sp³-hybridized carbons (Fsp3) is 0.457. The minimum Gasteiger partial charge on any atom is -0.492 e. The summed E-state index contributed by atoms with van der Waals surface area (Å²) >= 11 is 0.